The fourth-order valence-corrected chi connectivity index (χ4v) is 3.20. The molecule has 0 fully saturated rings. The maximum absolute atomic E-state index is 10.8. The Morgan fingerprint density at radius 3 is 2.27 bits per heavy atom. The average molecular weight is 362 g/mol. The number of fused-ring (bicyclic) bond motifs is 1. The number of aromatic hydroxyl groups is 1. The minimum atomic E-state index is -0.972. The Morgan fingerprint density at radius 1 is 0.923 bits per heavy atom. The second-order valence-corrected chi connectivity index (χ2v) is 5.84. The quantitative estimate of drug-likeness (QED) is 0.845. The molecule has 3 rings (SSSR count). The van der Waals surface area contributed by atoms with Crippen molar-refractivity contribution in [2.24, 2.45) is 0 Å². The number of hydrogen-bond acceptors (Lipinski definition) is 7. The van der Waals surface area contributed by atoms with Gasteiger partial charge < -0.3 is 33.9 Å². The SMILES string of the molecule is COc1cc([C@H]2Oc3c(ccc(OC)c3OC)[C@H](OC)[C@H]2O)ccc1O. The Morgan fingerprint density at radius 2 is 1.65 bits per heavy atom. The van der Waals surface area contributed by atoms with E-state index in [0.717, 1.165) is 0 Å². The van der Waals surface area contributed by atoms with Crippen LogP contribution in [0.2, 0.25) is 0 Å². The highest BCUT2D eigenvalue weighted by molar-refractivity contribution is 5.58. The second-order valence-electron chi connectivity index (χ2n) is 5.84. The molecule has 26 heavy (non-hydrogen) atoms. The lowest BCUT2D eigenvalue weighted by Gasteiger charge is -2.37. The molecule has 140 valence electrons. The van der Waals surface area contributed by atoms with Crippen LogP contribution in [0, 0.1) is 0 Å². The van der Waals surface area contributed by atoms with Gasteiger partial charge in [0.1, 0.15) is 12.2 Å². The third-order valence-electron chi connectivity index (χ3n) is 4.49. The molecular formula is C19H22O7. The molecule has 0 saturated carbocycles. The van der Waals surface area contributed by atoms with Crippen LogP contribution in [0.1, 0.15) is 23.3 Å². The first-order chi connectivity index (χ1) is 12.5. The molecule has 0 saturated heterocycles. The van der Waals surface area contributed by atoms with Gasteiger partial charge in [0.25, 0.3) is 0 Å². The van der Waals surface area contributed by atoms with Crippen LogP contribution in [0.5, 0.6) is 28.7 Å². The van der Waals surface area contributed by atoms with E-state index in [1.54, 1.807) is 24.3 Å². The molecule has 0 aromatic heterocycles. The molecule has 2 N–H and O–H groups in total. The zero-order chi connectivity index (χ0) is 18.8. The number of rotatable bonds is 5. The molecule has 3 atom stereocenters. The van der Waals surface area contributed by atoms with Gasteiger partial charge in [-0.2, -0.15) is 0 Å². The van der Waals surface area contributed by atoms with Crippen molar-refractivity contribution in [1.82, 2.24) is 0 Å². The summed E-state index contributed by atoms with van der Waals surface area (Å²) < 4.78 is 27.6. The summed E-state index contributed by atoms with van der Waals surface area (Å²) in [5.41, 5.74) is 1.30. The number of hydrogen-bond donors (Lipinski definition) is 2. The molecule has 0 radical (unpaired) electrons. The summed E-state index contributed by atoms with van der Waals surface area (Å²) in [4.78, 5) is 0. The highest BCUT2D eigenvalue weighted by Crippen LogP contribution is 2.50. The predicted octanol–water partition coefficient (Wildman–Crippen LogP) is 2.60. The molecule has 1 aliphatic rings. The van der Waals surface area contributed by atoms with E-state index >= 15 is 0 Å². The Balaban J connectivity index is 2.11. The van der Waals surface area contributed by atoms with Crippen LogP contribution in [0.15, 0.2) is 30.3 Å². The van der Waals surface area contributed by atoms with Gasteiger partial charge in [0, 0.05) is 12.7 Å². The van der Waals surface area contributed by atoms with Gasteiger partial charge in [0.15, 0.2) is 29.1 Å². The summed E-state index contributed by atoms with van der Waals surface area (Å²) in [6.07, 6.45) is -2.34. The van der Waals surface area contributed by atoms with Crippen molar-refractivity contribution < 1.29 is 33.9 Å². The van der Waals surface area contributed by atoms with E-state index in [2.05, 4.69) is 0 Å². The number of ether oxygens (including phenoxy) is 5. The Hall–Kier alpha value is -2.64. The standard InChI is InChI=1S/C19H22O7/c1-22-13-8-6-11-17(24-3)15(21)16(26-18(11)19(13)25-4)10-5-7-12(20)14(9-10)23-2/h5-9,15-17,20-21H,1-4H3/t15-,16+,17-/m0/s1. The molecule has 2 aromatic rings. The van der Waals surface area contributed by atoms with Gasteiger partial charge >= 0.3 is 0 Å². The van der Waals surface area contributed by atoms with Crippen LogP contribution >= 0.6 is 0 Å². The number of phenols is 1. The lowest BCUT2D eigenvalue weighted by molar-refractivity contribution is -0.0878. The van der Waals surface area contributed by atoms with Crippen molar-refractivity contribution in [3.63, 3.8) is 0 Å². The summed E-state index contributed by atoms with van der Waals surface area (Å²) in [5, 5.41) is 20.6. The van der Waals surface area contributed by atoms with Gasteiger partial charge in [-0.3, -0.25) is 0 Å². The van der Waals surface area contributed by atoms with Crippen LogP contribution in [0.4, 0.5) is 0 Å². The van der Waals surface area contributed by atoms with Gasteiger partial charge in [-0.1, -0.05) is 6.07 Å². The first kappa shape index (κ1) is 18.2. The van der Waals surface area contributed by atoms with Crippen molar-refractivity contribution in [3.05, 3.63) is 41.5 Å². The summed E-state index contributed by atoms with van der Waals surface area (Å²) in [6.45, 7) is 0. The monoisotopic (exact) mass is 362 g/mol. The van der Waals surface area contributed by atoms with Crippen molar-refractivity contribution in [1.29, 1.82) is 0 Å². The second kappa shape index (κ2) is 7.31. The van der Waals surface area contributed by atoms with Crippen LogP contribution < -0.4 is 18.9 Å². The van der Waals surface area contributed by atoms with Gasteiger partial charge in [-0.05, 0) is 29.8 Å². The molecule has 0 spiro atoms. The van der Waals surface area contributed by atoms with Gasteiger partial charge in [-0.15, -0.1) is 0 Å². The molecule has 0 unspecified atom stereocenters. The molecule has 7 nitrogen and oxygen atoms in total. The summed E-state index contributed by atoms with van der Waals surface area (Å²) in [7, 11) is 6.04. The average Bonchev–Trinajstić information content (AvgIpc) is 2.67. The maximum Gasteiger partial charge on any atom is 0.203 e. The first-order valence-electron chi connectivity index (χ1n) is 8.05. The maximum atomic E-state index is 10.8. The Bertz CT molecular complexity index is 790. The number of aliphatic hydroxyl groups is 1. The molecular weight excluding hydrogens is 340 g/mol. The normalized spacial score (nSPS) is 21.5. The van der Waals surface area contributed by atoms with E-state index in [1.165, 1.54) is 34.5 Å². The zero-order valence-corrected chi connectivity index (χ0v) is 15.1. The van der Waals surface area contributed by atoms with E-state index in [1.807, 2.05) is 0 Å². The third kappa shape index (κ3) is 2.89. The van der Waals surface area contributed by atoms with Gasteiger partial charge in [0.2, 0.25) is 5.75 Å². The predicted molar refractivity (Wildman–Crippen MR) is 93.3 cm³/mol. The van der Waals surface area contributed by atoms with Crippen molar-refractivity contribution in [2.75, 3.05) is 28.4 Å². The van der Waals surface area contributed by atoms with E-state index in [9.17, 15) is 10.2 Å². The molecule has 7 heteroatoms. The first-order valence-corrected chi connectivity index (χ1v) is 8.05. The van der Waals surface area contributed by atoms with Gasteiger partial charge in [0.05, 0.1) is 21.3 Å². The zero-order valence-electron chi connectivity index (χ0n) is 15.1. The molecule has 0 aliphatic carbocycles. The van der Waals surface area contributed by atoms with Crippen LogP contribution in [0.25, 0.3) is 0 Å². The molecule has 0 amide bonds. The summed E-state index contributed by atoms with van der Waals surface area (Å²) in [5.74, 6) is 1.68. The van der Waals surface area contributed by atoms with Crippen molar-refractivity contribution in [2.45, 2.75) is 18.3 Å². The lowest BCUT2D eigenvalue weighted by atomic mass is 9.91. The largest absolute Gasteiger partial charge is 0.504 e. The smallest absolute Gasteiger partial charge is 0.203 e. The number of benzene rings is 2. The van der Waals surface area contributed by atoms with Gasteiger partial charge in [-0.25, -0.2) is 0 Å². The molecule has 2 aromatic carbocycles. The highest BCUT2D eigenvalue weighted by atomic mass is 16.6. The lowest BCUT2D eigenvalue weighted by Crippen LogP contribution is -2.35. The molecule has 1 aliphatic heterocycles. The number of aliphatic hydroxyl groups excluding tert-OH is 1. The topological polar surface area (TPSA) is 86.6 Å². The van der Waals surface area contributed by atoms with E-state index < -0.39 is 18.3 Å². The number of phenolic OH excluding ortho intramolecular Hbond substituents is 1. The molecule has 0 bridgehead atoms. The van der Waals surface area contributed by atoms with Crippen LogP contribution in [-0.2, 0) is 4.74 Å². The van der Waals surface area contributed by atoms with E-state index in [-0.39, 0.29) is 11.5 Å². The Kier molecular flexibility index (Phi) is 5.11. The van der Waals surface area contributed by atoms with Crippen molar-refractivity contribution in [3.8, 4) is 28.7 Å². The van der Waals surface area contributed by atoms with Crippen molar-refractivity contribution >= 4 is 0 Å². The molecule has 1 heterocycles. The van der Waals surface area contributed by atoms with E-state index in [0.29, 0.717) is 28.4 Å². The van der Waals surface area contributed by atoms with E-state index in [4.69, 9.17) is 23.7 Å². The van der Waals surface area contributed by atoms with Crippen LogP contribution in [-0.4, -0.2) is 44.8 Å². The minimum Gasteiger partial charge on any atom is -0.504 e. The summed E-state index contributed by atoms with van der Waals surface area (Å²) >= 11 is 0. The highest BCUT2D eigenvalue weighted by Gasteiger charge is 2.41. The van der Waals surface area contributed by atoms with Crippen LogP contribution in [0.3, 0.4) is 0 Å². The summed E-state index contributed by atoms with van der Waals surface area (Å²) in [6, 6.07) is 8.29. The Labute approximate surface area is 151 Å². The fraction of sp³-hybridized carbons (Fsp3) is 0.368. The third-order valence-corrected chi connectivity index (χ3v) is 4.49. The fourth-order valence-electron chi connectivity index (χ4n) is 3.20. The number of methoxy groups -OCH3 is 4. The minimum absolute atomic E-state index is 0.00416.